The average molecular weight is 451 g/mol. The van der Waals surface area contributed by atoms with Crippen LogP contribution in [0.2, 0.25) is 5.15 Å². The minimum atomic E-state index is -0.612. The molecule has 4 rings (SSSR count). The number of aromatic nitrogens is 3. The van der Waals surface area contributed by atoms with E-state index in [9.17, 15) is 9.18 Å². The first-order chi connectivity index (χ1) is 14.1. The molecule has 3 aromatic rings. The van der Waals surface area contributed by atoms with Gasteiger partial charge in [0.1, 0.15) is 16.1 Å². The number of pyridine rings is 2. The Morgan fingerprint density at radius 2 is 2.10 bits per heavy atom. The number of carbonyl (C=O) groups excluding carboxylic acids is 1. The molecule has 1 unspecified atom stereocenters. The maximum atomic E-state index is 14.7. The lowest BCUT2D eigenvalue weighted by atomic mass is 10.2. The number of halogens is 2. The number of rotatable bonds is 2. The molecule has 0 aromatic carbocycles. The van der Waals surface area contributed by atoms with Gasteiger partial charge >= 0.3 is 6.09 Å². The molecule has 0 aliphatic carbocycles. The van der Waals surface area contributed by atoms with E-state index in [0.717, 1.165) is 28.0 Å². The summed E-state index contributed by atoms with van der Waals surface area (Å²) in [4.78, 5) is 22.8. The van der Waals surface area contributed by atoms with Crippen LogP contribution in [0.25, 0.3) is 21.8 Å². The van der Waals surface area contributed by atoms with Crippen LogP contribution in [0.5, 0.6) is 0 Å². The van der Waals surface area contributed by atoms with Gasteiger partial charge in [0.2, 0.25) is 0 Å². The van der Waals surface area contributed by atoms with Gasteiger partial charge in [0.05, 0.1) is 11.6 Å². The highest BCUT2D eigenvalue weighted by molar-refractivity contribution is 7.98. The fraction of sp³-hybridized carbons (Fsp3) is 0.476. The van der Waals surface area contributed by atoms with Crippen molar-refractivity contribution < 1.29 is 13.9 Å². The Labute approximate surface area is 183 Å². The smallest absolute Gasteiger partial charge is 0.410 e. The van der Waals surface area contributed by atoms with Crippen molar-refractivity contribution >= 4 is 51.3 Å². The predicted molar refractivity (Wildman–Crippen MR) is 118 cm³/mol. The van der Waals surface area contributed by atoms with Gasteiger partial charge in [-0.05, 0) is 46.4 Å². The normalized spacial score (nSPS) is 17.3. The van der Waals surface area contributed by atoms with E-state index in [1.54, 1.807) is 11.1 Å². The van der Waals surface area contributed by atoms with Gasteiger partial charge < -0.3 is 14.2 Å². The molecule has 1 aliphatic rings. The molecule has 0 radical (unpaired) electrons. The zero-order valence-corrected chi connectivity index (χ0v) is 19.2. The maximum Gasteiger partial charge on any atom is 0.410 e. The molecule has 160 valence electrons. The number of thioether (sulfide) groups is 1. The van der Waals surface area contributed by atoms with Crippen molar-refractivity contribution in [2.24, 2.45) is 0 Å². The van der Waals surface area contributed by atoms with Gasteiger partial charge in [0, 0.05) is 35.8 Å². The first-order valence-corrected chi connectivity index (χ1v) is 11.4. The third kappa shape index (κ3) is 3.60. The van der Waals surface area contributed by atoms with Crippen LogP contribution in [0.3, 0.4) is 0 Å². The Morgan fingerprint density at radius 1 is 1.37 bits per heavy atom. The van der Waals surface area contributed by atoms with E-state index in [0.29, 0.717) is 18.5 Å². The summed E-state index contributed by atoms with van der Waals surface area (Å²) in [6.07, 6.45) is 3.97. The molecule has 9 heteroatoms. The van der Waals surface area contributed by atoms with Gasteiger partial charge in [-0.25, -0.2) is 19.2 Å². The van der Waals surface area contributed by atoms with Crippen LogP contribution in [-0.2, 0) is 4.74 Å². The standard InChI is InChI=1S/C21H24ClFN4O2S/c1-11-8-13-17(14-9-24-18(22)15(23)16(14)25-19(13)30-5)27(11)12-6-7-26(10-12)20(28)29-21(2,3)4/h8-9,12H,6-7,10H2,1-5H3. The van der Waals surface area contributed by atoms with Crippen molar-refractivity contribution in [2.45, 2.75) is 50.8 Å². The van der Waals surface area contributed by atoms with E-state index in [2.05, 4.69) is 20.6 Å². The number of likely N-dealkylation sites (tertiary alicyclic amines) is 1. The minimum absolute atomic E-state index is 0.0501. The van der Waals surface area contributed by atoms with Crippen molar-refractivity contribution in [3.63, 3.8) is 0 Å². The molecule has 1 atom stereocenters. The summed E-state index contributed by atoms with van der Waals surface area (Å²) in [5.74, 6) is -0.612. The van der Waals surface area contributed by atoms with Crippen LogP contribution >= 0.6 is 23.4 Å². The summed E-state index contributed by atoms with van der Waals surface area (Å²) in [7, 11) is 0. The summed E-state index contributed by atoms with van der Waals surface area (Å²) in [5, 5.41) is 2.12. The number of nitrogens with zero attached hydrogens (tertiary/aromatic N) is 4. The molecule has 0 bridgehead atoms. The monoisotopic (exact) mass is 450 g/mol. The third-order valence-corrected chi connectivity index (χ3v) is 6.21. The van der Waals surface area contributed by atoms with Gasteiger partial charge in [-0.3, -0.25) is 0 Å². The van der Waals surface area contributed by atoms with Crippen molar-refractivity contribution in [2.75, 3.05) is 19.3 Å². The first kappa shape index (κ1) is 21.2. The fourth-order valence-corrected chi connectivity index (χ4v) is 4.76. The summed E-state index contributed by atoms with van der Waals surface area (Å²) in [5.41, 5.74) is 1.58. The average Bonchev–Trinajstić information content (AvgIpc) is 3.27. The second kappa shape index (κ2) is 7.57. The molecular formula is C21H24ClFN4O2S. The van der Waals surface area contributed by atoms with E-state index in [1.807, 2.05) is 34.0 Å². The van der Waals surface area contributed by atoms with Gasteiger partial charge in [-0.15, -0.1) is 11.8 Å². The molecule has 3 aromatic heterocycles. The zero-order valence-electron chi connectivity index (χ0n) is 17.6. The highest BCUT2D eigenvalue weighted by Crippen LogP contribution is 2.38. The Morgan fingerprint density at radius 3 is 2.77 bits per heavy atom. The fourth-order valence-electron chi connectivity index (χ4n) is 4.06. The number of fused-ring (bicyclic) bond motifs is 3. The number of ether oxygens (including phenoxy) is 1. The van der Waals surface area contributed by atoms with Crippen LogP contribution < -0.4 is 0 Å². The van der Waals surface area contributed by atoms with Gasteiger partial charge in [-0.1, -0.05) is 11.6 Å². The lowest BCUT2D eigenvalue weighted by Crippen LogP contribution is -2.35. The van der Waals surface area contributed by atoms with Gasteiger partial charge in [0.15, 0.2) is 11.0 Å². The number of aryl methyl sites for hydroxylation is 1. The third-order valence-electron chi connectivity index (χ3n) is 5.25. The molecule has 6 nitrogen and oxygen atoms in total. The molecule has 1 aliphatic heterocycles. The topological polar surface area (TPSA) is 60.2 Å². The van der Waals surface area contributed by atoms with Crippen molar-refractivity contribution in [1.29, 1.82) is 0 Å². The molecule has 0 spiro atoms. The summed E-state index contributed by atoms with van der Waals surface area (Å²) < 4.78 is 22.4. The van der Waals surface area contributed by atoms with Crippen molar-refractivity contribution in [1.82, 2.24) is 19.4 Å². The van der Waals surface area contributed by atoms with Crippen molar-refractivity contribution in [3.8, 4) is 0 Å². The Balaban J connectivity index is 1.82. The van der Waals surface area contributed by atoms with E-state index < -0.39 is 11.4 Å². The number of carbonyl (C=O) groups is 1. The number of amides is 1. The van der Waals surface area contributed by atoms with Gasteiger partial charge in [0.25, 0.3) is 0 Å². The largest absolute Gasteiger partial charge is 0.444 e. The molecule has 1 fully saturated rings. The Bertz CT molecular complexity index is 1160. The lowest BCUT2D eigenvalue weighted by Gasteiger charge is -2.25. The van der Waals surface area contributed by atoms with Crippen LogP contribution in [0.4, 0.5) is 9.18 Å². The SMILES string of the molecule is CSc1nc2c(F)c(Cl)ncc2c2c1cc(C)n2C1CCN(C(=O)OC(C)(C)C)C1. The molecule has 0 N–H and O–H groups in total. The number of hydrogen-bond donors (Lipinski definition) is 0. The molecule has 1 amide bonds. The van der Waals surface area contributed by atoms with Gasteiger partial charge in [-0.2, -0.15) is 0 Å². The molecular weight excluding hydrogens is 427 g/mol. The van der Waals surface area contributed by atoms with Crippen LogP contribution in [-0.4, -0.2) is 50.5 Å². The quantitative estimate of drug-likeness (QED) is 0.376. The molecule has 0 saturated carbocycles. The highest BCUT2D eigenvalue weighted by Gasteiger charge is 2.32. The van der Waals surface area contributed by atoms with Crippen LogP contribution in [0, 0.1) is 12.7 Å². The molecule has 4 heterocycles. The summed E-state index contributed by atoms with van der Waals surface area (Å²) in [6.45, 7) is 8.73. The van der Waals surface area contributed by atoms with E-state index >= 15 is 0 Å². The van der Waals surface area contributed by atoms with E-state index in [1.165, 1.54) is 11.8 Å². The van der Waals surface area contributed by atoms with E-state index in [4.69, 9.17) is 16.3 Å². The first-order valence-electron chi connectivity index (χ1n) is 9.78. The summed E-state index contributed by atoms with van der Waals surface area (Å²) >= 11 is 7.38. The molecule has 1 saturated heterocycles. The predicted octanol–water partition coefficient (Wildman–Crippen LogP) is 5.59. The van der Waals surface area contributed by atoms with Crippen LogP contribution in [0.1, 0.15) is 38.9 Å². The molecule has 30 heavy (non-hydrogen) atoms. The summed E-state index contributed by atoms with van der Waals surface area (Å²) in [6, 6.07) is 2.12. The number of hydrogen-bond acceptors (Lipinski definition) is 5. The van der Waals surface area contributed by atoms with E-state index in [-0.39, 0.29) is 22.8 Å². The zero-order chi connectivity index (χ0) is 21.8. The van der Waals surface area contributed by atoms with Crippen molar-refractivity contribution in [3.05, 3.63) is 28.9 Å². The minimum Gasteiger partial charge on any atom is -0.444 e. The maximum absolute atomic E-state index is 14.7. The highest BCUT2D eigenvalue weighted by atomic mass is 35.5. The second-order valence-electron chi connectivity index (χ2n) is 8.53. The lowest BCUT2D eigenvalue weighted by molar-refractivity contribution is 0.0289. The Kier molecular flexibility index (Phi) is 5.34. The van der Waals surface area contributed by atoms with Crippen LogP contribution in [0.15, 0.2) is 17.3 Å². The Hall–Kier alpha value is -2.06. The second-order valence-corrected chi connectivity index (χ2v) is 9.69.